The molecule has 0 fully saturated rings. The van der Waals surface area contributed by atoms with Crippen LogP contribution in [0.2, 0.25) is 0 Å². The average molecular weight is 549 g/mol. The van der Waals surface area contributed by atoms with Crippen molar-refractivity contribution in [3.63, 3.8) is 0 Å². The summed E-state index contributed by atoms with van der Waals surface area (Å²) in [5.41, 5.74) is 5.48. The number of nitrogens with zero attached hydrogens (tertiary/aromatic N) is 4. The minimum absolute atomic E-state index is 0.000807. The van der Waals surface area contributed by atoms with Gasteiger partial charge in [-0.1, -0.05) is 12.7 Å². The Morgan fingerprint density at radius 3 is 2.67 bits per heavy atom. The fraction of sp³-hybridized carbons (Fsp3) is 0.154. The molecule has 0 saturated carbocycles. The molecule has 4 aromatic rings. The summed E-state index contributed by atoms with van der Waals surface area (Å²) in [6.45, 7) is 4.79. The van der Waals surface area contributed by atoms with E-state index >= 15 is 4.39 Å². The van der Waals surface area contributed by atoms with E-state index in [-0.39, 0.29) is 52.6 Å². The molecule has 14 heteroatoms. The molecule has 4 rings (SSSR count). The van der Waals surface area contributed by atoms with Gasteiger partial charge in [0.25, 0.3) is 5.95 Å². The second-order valence-electron chi connectivity index (χ2n) is 8.17. The summed E-state index contributed by atoms with van der Waals surface area (Å²) in [7, 11) is 1.37. The van der Waals surface area contributed by atoms with E-state index in [0.717, 1.165) is 4.68 Å². The van der Waals surface area contributed by atoms with Crippen LogP contribution in [-0.4, -0.2) is 50.3 Å². The third-order valence-electron chi connectivity index (χ3n) is 5.45. The molecule has 0 amide bonds. The molecule has 2 heterocycles. The standard InChI is InChI=1S/C26H25FN8O5/c1-4-12-39-22-18(38-3)9-8-17(20(22)27)21(24-33-26(37)35(34-24)25-30-10-5-11-31-25)32-15-6-7-16(23(28)29)19(13-15)40-14(2)36/h4-11,13,21,32H,1,12H2,2-3H3,(H3,28,29)(H,33,34,37)/t21-/m0/s1. The number of rotatable bonds is 11. The summed E-state index contributed by atoms with van der Waals surface area (Å²) < 4.78 is 32.9. The van der Waals surface area contributed by atoms with Crippen LogP contribution >= 0.6 is 0 Å². The lowest BCUT2D eigenvalue weighted by Crippen LogP contribution is -2.18. The minimum Gasteiger partial charge on any atom is -0.493 e. The Morgan fingerprint density at radius 1 is 1.27 bits per heavy atom. The Labute approximate surface area is 227 Å². The molecule has 0 spiro atoms. The number of nitrogens with two attached hydrogens (primary N) is 1. The largest absolute Gasteiger partial charge is 0.493 e. The topological polar surface area (TPSA) is 183 Å². The number of H-pyrrole nitrogens is 1. The van der Waals surface area contributed by atoms with E-state index in [1.54, 1.807) is 12.1 Å². The molecule has 2 aromatic carbocycles. The van der Waals surface area contributed by atoms with Gasteiger partial charge in [0.05, 0.1) is 12.7 Å². The van der Waals surface area contributed by atoms with Crippen LogP contribution in [0.3, 0.4) is 0 Å². The summed E-state index contributed by atoms with van der Waals surface area (Å²) in [5.74, 6) is -1.77. The van der Waals surface area contributed by atoms with Gasteiger partial charge in [0.1, 0.15) is 24.2 Å². The number of methoxy groups -OCH3 is 1. The normalized spacial score (nSPS) is 11.4. The third kappa shape index (κ3) is 5.80. The van der Waals surface area contributed by atoms with Gasteiger partial charge in [-0.15, -0.1) is 9.78 Å². The van der Waals surface area contributed by atoms with E-state index in [1.165, 1.54) is 56.8 Å². The quantitative estimate of drug-likeness (QED) is 0.0714. The van der Waals surface area contributed by atoms with Crippen LogP contribution in [0, 0.1) is 11.2 Å². The SMILES string of the molecule is C=CCOc1c(OC)ccc([C@H](Nc2ccc(C(=N)N)c(OC(C)=O)c2)c2nn(-c3ncccn3)c(=O)[nH]2)c1F. The van der Waals surface area contributed by atoms with Gasteiger partial charge in [-0.05, 0) is 30.3 Å². The summed E-state index contributed by atoms with van der Waals surface area (Å²) in [6, 6.07) is 7.82. The number of carbonyl (C=O) groups is 1. The molecule has 0 bridgehead atoms. The van der Waals surface area contributed by atoms with E-state index in [4.69, 9.17) is 25.4 Å². The predicted octanol–water partition coefficient (Wildman–Crippen LogP) is 2.47. The number of halogens is 1. The first kappa shape index (κ1) is 27.5. The lowest BCUT2D eigenvalue weighted by atomic mass is 10.0. The van der Waals surface area contributed by atoms with Crippen molar-refractivity contribution in [1.29, 1.82) is 5.41 Å². The first-order valence-electron chi connectivity index (χ1n) is 11.7. The average Bonchev–Trinajstić information content (AvgIpc) is 3.32. The molecule has 40 heavy (non-hydrogen) atoms. The van der Waals surface area contributed by atoms with Gasteiger partial charge in [-0.2, -0.15) is 0 Å². The summed E-state index contributed by atoms with van der Waals surface area (Å²) in [5, 5.41) is 15.2. The second-order valence-corrected chi connectivity index (χ2v) is 8.17. The molecule has 0 radical (unpaired) electrons. The first-order valence-corrected chi connectivity index (χ1v) is 11.7. The van der Waals surface area contributed by atoms with Crippen molar-refractivity contribution in [1.82, 2.24) is 24.7 Å². The molecule has 5 N–H and O–H groups in total. The second kappa shape index (κ2) is 11.9. The van der Waals surface area contributed by atoms with E-state index in [1.807, 2.05) is 0 Å². The number of amidine groups is 1. The van der Waals surface area contributed by atoms with E-state index in [0.29, 0.717) is 5.69 Å². The number of ether oxygens (including phenoxy) is 3. The molecular formula is C26H25FN8O5. The summed E-state index contributed by atoms with van der Waals surface area (Å²) in [4.78, 5) is 35.2. The molecule has 0 aliphatic carbocycles. The third-order valence-corrected chi connectivity index (χ3v) is 5.45. The molecule has 0 aliphatic heterocycles. The Balaban J connectivity index is 1.87. The molecule has 13 nitrogen and oxygen atoms in total. The number of anilines is 1. The number of nitrogen functional groups attached to an aromatic ring is 1. The van der Waals surface area contributed by atoms with Crippen LogP contribution in [0.1, 0.15) is 29.9 Å². The van der Waals surface area contributed by atoms with Crippen molar-refractivity contribution in [2.24, 2.45) is 5.73 Å². The number of benzene rings is 2. The van der Waals surface area contributed by atoms with Gasteiger partial charge in [0, 0.05) is 36.6 Å². The van der Waals surface area contributed by atoms with E-state index in [9.17, 15) is 9.59 Å². The van der Waals surface area contributed by atoms with Crippen LogP contribution in [0.15, 0.2) is 66.2 Å². The van der Waals surface area contributed by atoms with Gasteiger partial charge < -0.3 is 25.3 Å². The van der Waals surface area contributed by atoms with Crippen molar-refractivity contribution < 1.29 is 23.4 Å². The van der Waals surface area contributed by atoms with Gasteiger partial charge in [0.2, 0.25) is 0 Å². The molecular weight excluding hydrogens is 523 g/mol. The number of aromatic amines is 1. The Morgan fingerprint density at radius 2 is 2.02 bits per heavy atom. The van der Waals surface area contributed by atoms with E-state index in [2.05, 4.69) is 31.9 Å². The molecule has 1 atom stereocenters. The first-order chi connectivity index (χ1) is 19.2. The van der Waals surface area contributed by atoms with Crippen LogP contribution in [-0.2, 0) is 4.79 Å². The van der Waals surface area contributed by atoms with Crippen molar-refractivity contribution in [2.45, 2.75) is 13.0 Å². The van der Waals surface area contributed by atoms with E-state index < -0.39 is 23.5 Å². The fourth-order valence-corrected chi connectivity index (χ4v) is 3.75. The number of hydrogen-bond acceptors (Lipinski definition) is 10. The fourth-order valence-electron chi connectivity index (χ4n) is 3.75. The highest BCUT2D eigenvalue weighted by Crippen LogP contribution is 2.37. The Kier molecular flexibility index (Phi) is 8.18. The Bertz CT molecular complexity index is 1620. The number of esters is 1. The van der Waals surface area contributed by atoms with Crippen molar-refractivity contribution in [2.75, 3.05) is 19.0 Å². The van der Waals surface area contributed by atoms with Gasteiger partial charge >= 0.3 is 11.7 Å². The van der Waals surface area contributed by atoms with Crippen molar-refractivity contribution in [3.05, 3.63) is 94.7 Å². The number of hydrogen-bond donors (Lipinski definition) is 4. The summed E-state index contributed by atoms with van der Waals surface area (Å²) in [6.07, 6.45) is 4.34. The maximum Gasteiger partial charge on any atom is 0.350 e. The number of carbonyl (C=O) groups excluding carboxylic acids is 1. The van der Waals surface area contributed by atoms with Gasteiger partial charge in [-0.25, -0.2) is 19.2 Å². The monoisotopic (exact) mass is 548 g/mol. The zero-order chi connectivity index (χ0) is 28.8. The molecule has 0 saturated heterocycles. The lowest BCUT2D eigenvalue weighted by Gasteiger charge is -2.21. The molecule has 2 aromatic heterocycles. The highest BCUT2D eigenvalue weighted by Gasteiger charge is 2.27. The van der Waals surface area contributed by atoms with Gasteiger partial charge in [0.15, 0.2) is 23.1 Å². The predicted molar refractivity (Wildman–Crippen MR) is 143 cm³/mol. The smallest absolute Gasteiger partial charge is 0.350 e. The van der Waals surface area contributed by atoms with Crippen LogP contribution in [0.5, 0.6) is 17.2 Å². The van der Waals surface area contributed by atoms with Crippen molar-refractivity contribution in [3.8, 4) is 23.2 Å². The van der Waals surface area contributed by atoms with Crippen LogP contribution in [0.4, 0.5) is 10.1 Å². The minimum atomic E-state index is -1.12. The maximum absolute atomic E-state index is 16.0. The van der Waals surface area contributed by atoms with Gasteiger partial charge in [-0.3, -0.25) is 15.2 Å². The Hall–Kier alpha value is -5.53. The highest BCUT2D eigenvalue weighted by atomic mass is 19.1. The lowest BCUT2D eigenvalue weighted by molar-refractivity contribution is -0.131. The van der Waals surface area contributed by atoms with Crippen molar-refractivity contribution >= 4 is 17.5 Å². The zero-order valence-corrected chi connectivity index (χ0v) is 21.5. The molecule has 206 valence electrons. The maximum atomic E-state index is 16.0. The van der Waals surface area contributed by atoms with Crippen LogP contribution in [0.25, 0.3) is 5.95 Å². The number of nitrogens with one attached hydrogen (secondary N) is 3. The molecule has 0 unspecified atom stereocenters. The van der Waals surface area contributed by atoms with Crippen LogP contribution < -0.4 is 31.0 Å². The number of aromatic nitrogens is 5. The molecule has 0 aliphatic rings. The summed E-state index contributed by atoms with van der Waals surface area (Å²) >= 11 is 0. The highest BCUT2D eigenvalue weighted by molar-refractivity contribution is 5.98. The zero-order valence-electron chi connectivity index (χ0n) is 21.5.